The van der Waals surface area contributed by atoms with Gasteiger partial charge in [-0.3, -0.25) is 4.79 Å². The molecule has 1 aliphatic rings. The maximum atomic E-state index is 13.8. The van der Waals surface area contributed by atoms with E-state index in [2.05, 4.69) is 0 Å². The van der Waals surface area contributed by atoms with Crippen LogP contribution >= 0.6 is 0 Å². The Morgan fingerprint density at radius 2 is 1.94 bits per heavy atom. The molecule has 0 bridgehead atoms. The van der Waals surface area contributed by atoms with Crippen LogP contribution in [0.4, 0.5) is 4.39 Å². The molecule has 0 aliphatic heterocycles. The molecular weight excluding hydrogens is 235 g/mol. The van der Waals surface area contributed by atoms with Crippen molar-refractivity contribution in [2.24, 2.45) is 5.41 Å². The molecule has 0 amide bonds. The number of hydrogen-bond donors (Lipinski definition) is 0. The van der Waals surface area contributed by atoms with Crippen molar-refractivity contribution in [3.63, 3.8) is 0 Å². The van der Waals surface area contributed by atoms with Gasteiger partial charge in [0.25, 0.3) is 0 Å². The smallest absolute Gasteiger partial charge is 0.316 e. The number of benzene rings is 1. The Morgan fingerprint density at radius 3 is 2.33 bits per heavy atom. The summed E-state index contributed by atoms with van der Waals surface area (Å²) in [5.41, 5.74) is -0.284. The lowest BCUT2D eigenvalue weighted by Gasteiger charge is -2.19. The molecule has 3 nitrogen and oxygen atoms in total. The number of methoxy groups -OCH3 is 2. The van der Waals surface area contributed by atoms with Gasteiger partial charge in [0.2, 0.25) is 0 Å². The van der Waals surface area contributed by atoms with Crippen molar-refractivity contribution in [1.29, 1.82) is 0 Å². The lowest BCUT2D eigenvalue weighted by Crippen LogP contribution is -2.27. The van der Waals surface area contributed by atoms with Gasteiger partial charge in [-0.25, -0.2) is 4.39 Å². The number of carbonyl (C=O) groups excluding carboxylic acids is 1. The van der Waals surface area contributed by atoms with Crippen molar-refractivity contribution in [2.45, 2.75) is 25.7 Å². The summed E-state index contributed by atoms with van der Waals surface area (Å²) in [5, 5.41) is 0. The molecule has 1 aromatic carbocycles. The van der Waals surface area contributed by atoms with Gasteiger partial charge in [0.15, 0.2) is 11.6 Å². The monoisotopic (exact) mass is 252 g/mol. The van der Waals surface area contributed by atoms with Crippen LogP contribution in [-0.2, 0) is 14.9 Å². The Hall–Kier alpha value is -1.58. The molecule has 98 valence electrons. The first kappa shape index (κ1) is 12.9. The summed E-state index contributed by atoms with van der Waals surface area (Å²) in [4.78, 5) is 12.0. The summed E-state index contributed by atoms with van der Waals surface area (Å²) >= 11 is 0. The van der Waals surface area contributed by atoms with Crippen molar-refractivity contribution in [3.05, 3.63) is 29.6 Å². The number of carbonyl (C=O) groups is 1. The zero-order chi connectivity index (χ0) is 13.6. The van der Waals surface area contributed by atoms with Crippen molar-refractivity contribution < 1.29 is 18.7 Å². The third-order valence-corrected chi connectivity index (χ3v) is 3.92. The molecule has 0 heterocycles. The first-order chi connectivity index (χ1) is 8.39. The van der Waals surface area contributed by atoms with E-state index in [1.807, 2.05) is 13.8 Å². The summed E-state index contributed by atoms with van der Waals surface area (Å²) in [5.74, 6) is -0.588. The molecule has 0 saturated heterocycles. The standard InChI is InChI=1S/C14H17FO3/c1-13(2)8-14(13,12(16)18-4)9-5-6-11(17-3)10(15)7-9/h5-7H,8H2,1-4H3. The summed E-state index contributed by atoms with van der Waals surface area (Å²) in [6.07, 6.45) is 0.665. The van der Waals surface area contributed by atoms with Crippen LogP contribution in [0.5, 0.6) is 5.75 Å². The van der Waals surface area contributed by atoms with Gasteiger partial charge in [-0.1, -0.05) is 19.9 Å². The molecule has 0 aromatic heterocycles. The summed E-state index contributed by atoms with van der Waals surface area (Å²) < 4.78 is 23.5. The van der Waals surface area contributed by atoms with E-state index in [-0.39, 0.29) is 17.1 Å². The Morgan fingerprint density at radius 1 is 1.33 bits per heavy atom. The molecule has 2 rings (SSSR count). The van der Waals surface area contributed by atoms with Crippen LogP contribution in [0.15, 0.2) is 18.2 Å². The lowest BCUT2D eigenvalue weighted by atomic mass is 9.88. The third kappa shape index (κ3) is 1.59. The zero-order valence-electron chi connectivity index (χ0n) is 11.0. The van der Waals surface area contributed by atoms with Crippen LogP contribution in [0.2, 0.25) is 0 Å². The number of ether oxygens (including phenoxy) is 2. The summed E-state index contributed by atoms with van der Waals surface area (Å²) in [6.45, 7) is 3.96. The molecule has 1 aliphatic carbocycles. The van der Waals surface area contributed by atoms with Gasteiger partial charge < -0.3 is 9.47 Å². The van der Waals surface area contributed by atoms with Gasteiger partial charge in [-0.15, -0.1) is 0 Å². The van der Waals surface area contributed by atoms with Crippen LogP contribution < -0.4 is 4.74 Å². The molecule has 1 aromatic rings. The first-order valence-corrected chi connectivity index (χ1v) is 5.81. The molecule has 0 spiro atoms. The van der Waals surface area contributed by atoms with Gasteiger partial charge >= 0.3 is 5.97 Å². The van der Waals surface area contributed by atoms with E-state index in [4.69, 9.17) is 9.47 Å². The van der Waals surface area contributed by atoms with Crippen LogP contribution in [0, 0.1) is 11.2 Å². The zero-order valence-corrected chi connectivity index (χ0v) is 11.0. The van der Waals surface area contributed by atoms with E-state index in [1.165, 1.54) is 20.3 Å². The fourth-order valence-corrected chi connectivity index (χ4v) is 2.68. The van der Waals surface area contributed by atoms with E-state index in [1.54, 1.807) is 12.1 Å². The Bertz CT molecular complexity index is 496. The van der Waals surface area contributed by atoms with Crippen LogP contribution in [-0.4, -0.2) is 20.2 Å². The molecule has 0 N–H and O–H groups in total. The van der Waals surface area contributed by atoms with Crippen LogP contribution in [0.1, 0.15) is 25.8 Å². The van der Waals surface area contributed by atoms with Gasteiger partial charge in [0, 0.05) is 0 Å². The van der Waals surface area contributed by atoms with Gasteiger partial charge in [-0.05, 0) is 29.5 Å². The highest BCUT2D eigenvalue weighted by Crippen LogP contribution is 2.65. The number of rotatable bonds is 3. The maximum Gasteiger partial charge on any atom is 0.316 e. The molecule has 0 radical (unpaired) electrons. The predicted octanol–water partition coefficient (Wildman–Crippen LogP) is 2.68. The lowest BCUT2D eigenvalue weighted by molar-refractivity contribution is -0.144. The van der Waals surface area contributed by atoms with Crippen molar-refractivity contribution >= 4 is 5.97 Å². The highest BCUT2D eigenvalue weighted by molar-refractivity contribution is 5.88. The number of halogens is 1. The predicted molar refractivity (Wildman–Crippen MR) is 65.0 cm³/mol. The van der Waals surface area contributed by atoms with Crippen LogP contribution in [0.3, 0.4) is 0 Å². The average Bonchev–Trinajstić information content (AvgIpc) is 2.92. The first-order valence-electron chi connectivity index (χ1n) is 5.81. The van der Waals surface area contributed by atoms with Crippen molar-refractivity contribution in [1.82, 2.24) is 0 Å². The Labute approximate surface area is 106 Å². The molecule has 1 fully saturated rings. The molecule has 18 heavy (non-hydrogen) atoms. The third-order valence-electron chi connectivity index (χ3n) is 3.92. The quantitative estimate of drug-likeness (QED) is 0.776. The second-order valence-corrected chi connectivity index (χ2v) is 5.31. The van der Waals surface area contributed by atoms with E-state index >= 15 is 0 Å². The minimum Gasteiger partial charge on any atom is -0.494 e. The number of esters is 1. The average molecular weight is 252 g/mol. The topological polar surface area (TPSA) is 35.5 Å². The SMILES string of the molecule is COC(=O)C1(c2ccc(OC)c(F)c2)CC1(C)C. The number of hydrogen-bond acceptors (Lipinski definition) is 3. The largest absolute Gasteiger partial charge is 0.494 e. The second kappa shape index (κ2) is 3.97. The van der Waals surface area contributed by atoms with Gasteiger partial charge in [0.1, 0.15) is 0 Å². The maximum absolute atomic E-state index is 13.8. The minimum absolute atomic E-state index is 0.178. The van der Waals surface area contributed by atoms with E-state index in [0.717, 1.165) is 0 Å². The molecule has 4 heteroatoms. The highest BCUT2D eigenvalue weighted by atomic mass is 19.1. The van der Waals surface area contributed by atoms with E-state index in [0.29, 0.717) is 12.0 Å². The molecule has 1 atom stereocenters. The highest BCUT2D eigenvalue weighted by Gasteiger charge is 2.68. The van der Waals surface area contributed by atoms with Crippen molar-refractivity contribution in [2.75, 3.05) is 14.2 Å². The Kier molecular flexibility index (Phi) is 2.84. The van der Waals surface area contributed by atoms with E-state index in [9.17, 15) is 9.18 Å². The van der Waals surface area contributed by atoms with Crippen molar-refractivity contribution in [3.8, 4) is 5.75 Å². The molecule has 1 unspecified atom stereocenters. The summed E-state index contributed by atoms with van der Waals surface area (Å²) in [6, 6.07) is 4.64. The Balaban J connectivity index is 2.47. The van der Waals surface area contributed by atoms with Crippen LogP contribution in [0.25, 0.3) is 0 Å². The normalized spacial score (nSPS) is 24.5. The van der Waals surface area contributed by atoms with Gasteiger partial charge in [-0.2, -0.15) is 0 Å². The fourth-order valence-electron chi connectivity index (χ4n) is 2.68. The fraction of sp³-hybridized carbons (Fsp3) is 0.500. The molecular formula is C14H17FO3. The van der Waals surface area contributed by atoms with Gasteiger partial charge in [0.05, 0.1) is 19.6 Å². The minimum atomic E-state index is -0.727. The molecule has 1 saturated carbocycles. The summed E-state index contributed by atoms with van der Waals surface area (Å²) in [7, 11) is 2.77. The van der Waals surface area contributed by atoms with E-state index < -0.39 is 11.2 Å². The second-order valence-electron chi connectivity index (χ2n) is 5.31.